The number of carbonyl (C=O) groups is 1. The van der Waals surface area contributed by atoms with Crippen molar-refractivity contribution in [1.29, 1.82) is 0 Å². The Bertz CT molecular complexity index is 931. The van der Waals surface area contributed by atoms with Gasteiger partial charge in [0.05, 0.1) is 30.5 Å². The van der Waals surface area contributed by atoms with Gasteiger partial charge in [0.15, 0.2) is 0 Å². The van der Waals surface area contributed by atoms with Crippen LogP contribution >= 0.6 is 0 Å². The molecule has 1 aromatic heterocycles. The molecule has 0 saturated heterocycles. The Balaban J connectivity index is 1.52. The highest BCUT2D eigenvalue weighted by Crippen LogP contribution is 2.21. The summed E-state index contributed by atoms with van der Waals surface area (Å²) in [5.74, 6) is 2.46. The number of benzene rings is 2. The van der Waals surface area contributed by atoms with Gasteiger partial charge in [0.2, 0.25) is 0 Å². The maximum absolute atomic E-state index is 12.6. The van der Waals surface area contributed by atoms with Crippen LogP contribution in [0.25, 0.3) is 0 Å². The van der Waals surface area contributed by atoms with Crippen LogP contribution in [0.5, 0.6) is 17.2 Å². The first kappa shape index (κ1) is 20.3. The third-order valence-corrected chi connectivity index (χ3v) is 4.40. The molecule has 0 aliphatic rings. The second-order valence-electron chi connectivity index (χ2n) is 6.37. The van der Waals surface area contributed by atoms with Gasteiger partial charge in [-0.1, -0.05) is 17.3 Å². The quantitative estimate of drug-likeness (QED) is 0.556. The topological polar surface area (TPSA) is 82.8 Å². The number of aromatic nitrogens is 1. The highest BCUT2D eigenvalue weighted by molar-refractivity contribution is 5.96. The van der Waals surface area contributed by atoms with Crippen LogP contribution < -0.4 is 19.5 Å². The molecule has 3 aromatic rings. The van der Waals surface area contributed by atoms with E-state index in [9.17, 15) is 4.79 Å². The number of nitrogens with one attached hydrogen (secondary N) is 1. The molecular formula is C22H24N2O5. The maximum atomic E-state index is 12.6. The minimum atomic E-state index is -0.224. The molecular weight excluding hydrogens is 372 g/mol. The highest BCUT2D eigenvalue weighted by atomic mass is 16.5. The Morgan fingerprint density at radius 1 is 1.03 bits per heavy atom. The van der Waals surface area contributed by atoms with Crippen LogP contribution in [0.1, 0.15) is 27.4 Å². The van der Waals surface area contributed by atoms with Gasteiger partial charge in [-0.25, -0.2) is 0 Å². The number of nitrogens with zero attached hydrogens (tertiary/aromatic N) is 1. The normalized spacial score (nSPS) is 10.4. The zero-order valence-electron chi connectivity index (χ0n) is 16.7. The fourth-order valence-electron chi connectivity index (χ4n) is 2.74. The van der Waals surface area contributed by atoms with Gasteiger partial charge in [-0.15, -0.1) is 0 Å². The molecule has 0 saturated carbocycles. The van der Waals surface area contributed by atoms with Gasteiger partial charge in [-0.05, 0) is 50.2 Å². The molecule has 1 heterocycles. The molecule has 0 spiro atoms. The van der Waals surface area contributed by atoms with E-state index in [2.05, 4.69) is 10.5 Å². The van der Waals surface area contributed by atoms with Crippen LogP contribution in [0.15, 0.2) is 53.1 Å². The van der Waals surface area contributed by atoms with Gasteiger partial charge in [-0.3, -0.25) is 4.79 Å². The van der Waals surface area contributed by atoms with Crippen molar-refractivity contribution in [2.24, 2.45) is 0 Å². The van der Waals surface area contributed by atoms with Crippen LogP contribution in [0.4, 0.5) is 0 Å². The van der Waals surface area contributed by atoms with Crippen LogP contribution in [0.2, 0.25) is 0 Å². The summed E-state index contributed by atoms with van der Waals surface area (Å²) in [6.07, 6.45) is 0. The molecule has 1 N–H and O–H groups in total. The zero-order chi connectivity index (χ0) is 20.6. The van der Waals surface area contributed by atoms with Crippen molar-refractivity contribution in [1.82, 2.24) is 10.5 Å². The van der Waals surface area contributed by atoms with Crippen molar-refractivity contribution in [3.8, 4) is 17.2 Å². The lowest BCUT2D eigenvalue weighted by atomic mass is 10.2. The van der Waals surface area contributed by atoms with Crippen molar-refractivity contribution >= 4 is 5.91 Å². The summed E-state index contributed by atoms with van der Waals surface area (Å²) in [5, 5.41) is 6.76. The molecule has 7 nitrogen and oxygen atoms in total. The largest absolute Gasteiger partial charge is 0.497 e. The van der Waals surface area contributed by atoms with Gasteiger partial charge >= 0.3 is 0 Å². The van der Waals surface area contributed by atoms with Crippen molar-refractivity contribution in [2.45, 2.75) is 20.5 Å². The standard InChI is InChI=1S/C22H24N2O5/c1-15-20(16(2)29-24-15)14-28-21-7-5-4-6-19(21)22(25)23-12-13-27-18-10-8-17(26-3)9-11-18/h4-11H,12-14H2,1-3H3,(H,23,25). The van der Waals surface area contributed by atoms with E-state index in [1.807, 2.05) is 44.2 Å². The Hall–Kier alpha value is -3.48. The number of hydrogen-bond donors (Lipinski definition) is 1. The molecule has 3 rings (SSSR count). The number of aryl methyl sites for hydroxylation is 2. The van der Waals surface area contributed by atoms with E-state index in [-0.39, 0.29) is 12.5 Å². The Morgan fingerprint density at radius 3 is 2.45 bits per heavy atom. The van der Waals surface area contributed by atoms with Gasteiger partial charge in [0.25, 0.3) is 5.91 Å². The van der Waals surface area contributed by atoms with Crippen LogP contribution in [0, 0.1) is 13.8 Å². The molecule has 2 aromatic carbocycles. The highest BCUT2D eigenvalue weighted by Gasteiger charge is 2.14. The Morgan fingerprint density at radius 2 is 1.76 bits per heavy atom. The van der Waals surface area contributed by atoms with E-state index >= 15 is 0 Å². The lowest BCUT2D eigenvalue weighted by Gasteiger charge is -2.12. The fourth-order valence-corrected chi connectivity index (χ4v) is 2.74. The predicted octanol–water partition coefficient (Wildman–Crippen LogP) is 3.69. The van der Waals surface area contributed by atoms with Gasteiger partial charge < -0.3 is 24.1 Å². The average Bonchev–Trinajstić information content (AvgIpc) is 3.07. The smallest absolute Gasteiger partial charge is 0.255 e. The van der Waals surface area contributed by atoms with Gasteiger partial charge in [0, 0.05) is 0 Å². The van der Waals surface area contributed by atoms with Gasteiger partial charge in [-0.2, -0.15) is 0 Å². The maximum Gasteiger partial charge on any atom is 0.255 e. The Labute approximate surface area is 169 Å². The second kappa shape index (κ2) is 9.64. The minimum Gasteiger partial charge on any atom is -0.497 e. The van der Waals surface area contributed by atoms with E-state index in [0.717, 1.165) is 17.0 Å². The van der Waals surface area contributed by atoms with E-state index in [1.54, 1.807) is 25.3 Å². The van der Waals surface area contributed by atoms with Gasteiger partial charge in [0.1, 0.15) is 36.2 Å². The fraction of sp³-hybridized carbons (Fsp3) is 0.273. The number of para-hydroxylation sites is 1. The SMILES string of the molecule is COc1ccc(OCCNC(=O)c2ccccc2OCc2c(C)noc2C)cc1. The van der Waals surface area contributed by atoms with Crippen molar-refractivity contribution in [2.75, 3.05) is 20.3 Å². The molecule has 0 radical (unpaired) electrons. The number of hydrogen-bond acceptors (Lipinski definition) is 6. The summed E-state index contributed by atoms with van der Waals surface area (Å²) in [6, 6.07) is 14.4. The summed E-state index contributed by atoms with van der Waals surface area (Å²) in [7, 11) is 1.61. The van der Waals surface area contributed by atoms with Crippen LogP contribution in [-0.2, 0) is 6.61 Å². The molecule has 29 heavy (non-hydrogen) atoms. The summed E-state index contributed by atoms with van der Waals surface area (Å²) in [6.45, 7) is 4.69. The number of amides is 1. The molecule has 0 bridgehead atoms. The molecule has 1 amide bonds. The molecule has 7 heteroatoms. The first-order valence-electron chi connectivity index (χ1n) is 9.27. The molecule has 152 valence electrons. The van der Waals surface area contributed by atoms with Crippen molar-refractivity contribution in [3.05, 3.63) is 71.1 Å². The van der Waals surface area contributed by atoms with E-state index < -0.39 is 0 Å². The average molecular weight is 396 g/mol. The van der Waals surface area contributed by atoms with Crippen LogP contribution in [0.3, 0.4) is 0 Å². The lowest BCUT2D eigenvalue weighted by Crippen LogP contribution is -2.28. The summed E-state index contributed by atoms with van der Waals surface area (Å²) >= 11 is 0. The molecule has 0 atom stereocenters. The molecule has 0 aliphatic heterocycles. The number of methoxy groups -OCH3 is 1. The van der Waals surface area contributed by atoms with Crippen molar-refractivity contribution in [3.63, 3.8) is 0 Å². The number of rotatable bonds is 9. The first-order valence-corrected chi connectivity index (χ1v) is 9.27. The summed E-state index contributed by atoms with van der Waals surface area (Å²) in [5.41, 5.74) is 2.12. The molecule has 0 fully saturated rings. The predicted molar refractivity (Wildman–Crippen MR) is 108 cm³/mol. The zero-order valence-corrected chi connectivity index (χ0v) is 16.7. The number of ether oxygens (including phenoxy) is 3. The molecule has 0 unspecified atom stereocenters. The van der Waals surface area contributed by atoms with E-state index in [1.165, 1.54) is 0 Å². The van der Waals surface area contributed by atoms with E-state index in [4.69, 9.17) is 18.7 Å². The molecule has 0 aliphatic carbocycles. The Kier molecular flexibility index (Phi) is 6.73. The van der Waals surface area contributed by atoms with E-state index in [0.29, 0.717) is 36.0 Å². The third kappa shape index (κ3) is 5.28. The summed E-state index contributed by atoms with van der Waals surface area (Å²) < 4.78 is 21.7. The van der Waals surface area contributed by atoms with Crippen molar-refractivity contribution < 1.29 is 23.5 Å². The monoisotopic (exact) mass is 396 g/mol. The third-order valence-electron chi connectivity index (χ3n) is 4.40. The first-order chi connectivity index (χ1) is 14.1. The summed E-state index contributed by atoms with van der Waals surface area (Å²) in [4.78, 5) is 12.6. The number of carbonyl (C=O) groups excluding carboxylic acids is 1. The second-order valence-corrected chi connectivity index (χ2v) is 6.37. The van der Waals surface area contributed by atoms with Crippen LogP contribution in [-0.4, -0.2) is 31.3 Å². The minimum absolute atomic E-state index is 0.224. The lowest BCUT2D eigenvalue weighted by molar-refractivity contribution is 0.0942.